The molecule has 2 unspecified atom stereocenters. The molecular formula is C14H19N6+. The van der Waals surface area contributed by atoms with Gasteiger partial charge in [-0.2, -0.15) is 0 Å². The van der Waals surface area contributed by atoms with E-state index in [9.17, 15) is 0 Å². The molecule has 6 heteroatoms. The summed E-state index contributed by atoms with van der Waals surface area (Å²) >= 11 is 0. The van der Waals surface area contributed by atoms with Gasteiger partial charge >= 0.3 is 0 Å². The zero-order chi connectivity index (χ0) is 14.4. The van der Waals surface area contributed by atoms with Gasteiger partial charge in [0.1, 0.15) is 0 Å². The van der Waals surface area contributed by atoms with Crippen LogP contribution in [0, 0.1) is 0 Å². The Bertz CT molecular complexity index is 635. The van der Waals surface area contributed by atoms with Crippen LogP contribution in [-0.4, -0.2) is 23.6 Å². The first kappa shape index (κ1) is 14.1. The highest BCUT2D eigenvalue weighted by Crippen LogP contribution is 1.93. The summed E-state index contributed by atoms with van der Waals surface area (Å²) in [7, 11) is 3.95. The van der Waals surface area contributed by atoms with Gasteiger partial charge < -0.3 is 4.57 Å². The molecule has 104 valence electrons. The Kier molecular flexibility index (Phi) is 4.73. The molecule has 2 rings (SSSR count). The van der Waals surface area contributed by atoms with Gasteiger partial charge in [0.05, 0.1) is 13.2 Å². The summed E-state index contributed by atoms with van der Waals surface area (Å²) in [5.74, 6) is 0.532. The molecule has 6 nitrogen and oxygen atoms in total. The van der Waals surface area contributed by atoms with Crippen molar-refractivity contribution in [2.75, 3.05) is 7.05 Å². The highest BCUT2D eigenvalue weighted by molar-refractivity contribution is 5.79. The van der Waals surface area contributed by atoms with Crippen molar-refractivity contribution in [1.29, 1.82) is 0 Å². The number of hydrogen-bond acceptors (Lipinski definition) is 3. The molecule has 0 radical (unpaired) electrons. The van der Waals surface area contributed by atoms with Gasteiger partial charge in [0.15, 0.2) is 11.3 Å². The molecule has 1 aliphatic heterocycles. The first-order valence-electron chi connectivity index (χ1n) is 6.46. The minimum absolute atomic E-state index is 0.00186. The molecule has 0 aliphatic carbocycles. The summed E-state index contributed by atoms with van der Waals surface area (Å²) in [6, 6.07) is 5.75. The summed E-state index contributed by atoms with van der Waals surface area (Å²) < 4.78 is 1.89. The maximum atomic E-state index is 4.25. The predicted octanol–water partition coefficient (Wildman–Crippen LogP) is 0.636. The fraction of sp³-hybridized carbons (Fsp3) is 0.286. The van der Waals surface area contributed by atoms with E-state index in [1.54, 1.807) is 6.92 Å². The number of aromatic nitrogens is 1. The molecule has 0 aromatic carbocycles. The number of allylic oxidation sites excluding steroid dienone is 2. The predicted molar refractivity (Wildman–Crippen MR) is 77.9 cm³/mol. The monoisotopic (exact) mass is 271 g/mol. The minimum Gasteiger partial charge on any atom is -0.335 e. The Morgan fingerprint density at radius 2 is 2.15 bits per heavy atom. The number of rotatable bonds is 2. The number of likely N-dealkylation sites (N-methyl/N-ethyl adjacent to an activating group) is 1. The van der Waals surface area contributed by atoms with Crippen LogP contribution in [0.4, 0.5) is 0 Å². The van der Waals surface area contributed by atoms with Gasteiger partial charge in [0.25, 0.3) is 0 Å². The standard InChI is InChI=1S/C14H18N6/c1-12(15-17-13-8-4-6-10-19(13)2)16-18-14-9-5-7-11-20(14)3/h4-11,13H,1-3H3/p+1/b16-12+,17-15?,18-14+. The van der Waals surface area contributed by atoms with Gasteiger partial charge in [-0.05, 0) is 31.2 Å². The molecule has 1 aromatic rings. The summed E-state index contributed by atoms with van der Waals surface area (Å²) in [5, 5.41) is 16.6. The fourth-order valence-corrected chi connectivity index (χ4v) is 1.66. The Morgan fingerprint density at radius 1 is 1.30 bits per heavy atom. The van der Waals surface area contributed by atoms with E-state index < -0.39 is 0 Å². The molecule has 0 fully saturated rings. The normalized spacial score (nSPS) is 23.8. The molecule has 1 aromatic heterocycles. The van der Waals surface area contributed by atoms with E-state index in [2.05, 4.69) is 20.4 Å². The van der Waals surface area contributed by atoms with Gasteiger partial charge in [-0.1, -0.05) is 12.1 Å². The van der Waals surface area contributed by atoms with Crippen LogP contribution in [0.3, 0.4) is 0 Å². The summed E-state index contributed by atoms with van der Waals surface area (Å²) in [5.41, 5.74) is 0.769. The van der Waals surface area contributed by atoms with Gasteiger partial charge in [-0.15, -0.1) is 20.4 Å². The molecule has 20 heavy (non-hydrogen) atoms. The van der Waals surface area contributed by atoms with E-state index in [0.29, 0.717) is 5.84 Å². The number of aryl methyl sites for hydroxylation is 1. The van der Waals surface area contributed by atoms with Crippen LogP contribution in [0.25, 0.3) is 0 Å². The number of amidine groups is 1. The Hall–Kier alpha value is -2.34. The maximum absolute atomic E-state index is 4.25. The van der Waals surface area contributed by atoms with Crippen LogP contribution < -0.4 is 10.4 Å². The maximum Gasteiger partial charge on any atom is 0.224 e. The van der Waals surface area contributed by atoms with Crippen LogP contribution in [0.15, 0.2) is 69.3 Å². The summed E-state index contributed by atoms with van der Waals surface area (Å²) in [6.07, 6.45) is 9.91. The van der Waals surface area contributed by atoms with Crippen molar-refractivity contribution >= 4 is 5.84 Å². The highest BCUT2D eigenvalue weighted by Gasteiger charge is 2.13. The molecule has 1 aliphatic rings. The van der Waals surface area contributed by atoms with Crippen LogP contribution in [0.2, 0.25) is 0 Å². The third kappa shape index (κ3) is 3.83. The molecule has 1 N–H and O–H groups in total. The van der Waals surface area contributed by atoms with Crippen LogP contribution in [0.1, 0.15) is 6.92 Å². The number of nitrogens with one attached hydrogen (secondary N) is 1. The second-order valence-corrected chi connectivity index (χ2v) is 4.57. The minimum atomic E-state index is -0.00186. The third-order valence-corrected chi connectivity index (χ3v) is 2.88. The molecule has 0 amide bonds. The summed E-state index contributed by atoms with van der Waals surface area (Å²) in [6.45, 7) is 1.79. The van der Waals surface area contributed by atoms with Crippen molar-refractivity contribution in [1.82, 2.24) is 4.57 Å². The van der Waals surface area contributed by atoms with Crippen molar-refractivity contribution in [3.63, 3.8) is 0 Å². The first-order valence-corrected chi connectivity index (χ1v) is 6.46. The average molecular weight is 271 g/mol. The van der Waals surface area contributed by atoms with Crippen LogP contribution in [-0.2, 0) is 7.05 Å². The van der Waals surface area contributed by atoms with Gasteiger partial charge in [0, 0.05) is 13.2 Å². The average Bonchev–Trinajstić information content (AvgIpc) is 2.45. The first-order chi connectivity index (χ1) is 9.66. The fourth-order valence-electron chi connectivity index (χ4n) is 1.66. The van der Waals surface area contributed by atoms with E-state index in [4.69, 9.17) is 0 Å². The number of nitrogens with zero attached hydrogens (tertiary/aromatic N) is 5. The smallest absolute Gasteiger partial charge is 0.224 e. The Balaban J connectivity index is 2.09. The topological polar surface area (TPSA) is 58.8 Å². The molecule has 2 atom stereocenters. The number of quaternary nitrogens is 1. The zero-order valence-corrected chi connectivity index (χ0v) is 11.9. The van der Waals surface area contributed by atoms with Gasteiger partial charge in [-0.3, -0.25) is 4.90 Å². The van der Waals surface area contributed by atoms with E-state index in [0.717, 1.165) is 10.4 Å². The lowest BCUT2D eigenvalue weighted by molar-refractivity contribution is -0.845. The molecule has 0 spiro atoms. The van der Waals surface area contributed by atoms with Crippen molar-refractivity contribution < 1.29 is 4.90 Å². The van der Waals surface area contributed by atoms with E-state index in [-0.39, 0.29) is 6.17 Å². The number of azo groups is 1. The zero-order valence-electron chi connectivity index (χ0n) is 11.9. The van der Waals surface area contributed by atoms with Gasteiger partial charge in [0.2, 0.25) is 6.17 Å². The molecule has 0 saturated heterocycles. The summed E-state index contributed by atoms with van der Waals surface area (Å²) in [4.78, 5) is 1.16. The Morgan fingerprint density at radius 3 is 2.90 bits per heavy atom. The molecule has 0 bridgehead atoms. The SMILES string of the molecule is C/C(N=NC1C=CC=C[NH+]1C)=N\N=c1/ccccn1C. The quantitative estimate of drug-likeness (QED) is 0.355. The van der Waals surface area contributed by atoms with Crippen molar-refractivity contribution in [3.05, 3.63) is 54.3 Å². The van der Waals surface area contributed by atoms with Crippen LogP contribution in [0.5, 0.6) is 0 Å². The molecule has 2 heterocycles. The van der Waals surface area contributed by atoms with Crippen molar-refractivity contribution in [2.24, 2.45) is 27.5 Å². The van der Waals surface area contributed by atoms with Crippen molar-refractivity contribution in [3.8, 4) is 0 Å². The largest absolute Gasteiger partial charge is 0.335 e. The third-order valence-electron chi connectivity index (χ3n) is 2.88. The second kappa shape index (κ2) is 6.72. The number of pyridine rings is 1. The molecular weight excluding hydrogens is 252 g/mol. The van der Waals surface area contributed by atoms with E-state index in [1.807, 2.05) is 67.5 Å². The lowest BCUT2D eigenvalue weighted by Crippen LogP contribution is -3.08. The Labute approximate surface area is 118 Å². The molecule has 0 saturated carbocycles. The van der Waals surface area contributed by atoms with Crippen molar-refractivity contribution in [2.45, 2.75) is 13.1 Å². The van der Waals surface area contributed by atoms with E-state index >= 15 is 0 Å². The highest BCUT2D eigenvalue weighted by atomic mass is 15.3. The van der Waals surface area contributed by atoms with E-state index in [1.165, 1.54) is 0 Å². The lowest BCUT2D eigenvalue weighted by Gasteiger charge is -2.14. The second-order valence-electron chi connectivity index (χ2n) is 4.57. The lowest BCUT2D eigenvalue weighted by atomic mass is 10.3. The van der Waals surface area contributed by atoms with Crippen LogP contribution >= 0.6 is 0 Å². The van der Waals surface area contributed by atoms with Gasteiger partial charge in [-0.25, -0.2) is 0 Å². The number of hydrogen-bond donors (Lipinski definition) is 1.